The molecule has 1 aromatic carbocycles. The fraction of sp³-hybridized carbons (Fsp3) is 0.308. The second kappa shape index (κ2) is 7.66. The topological polar surface area (TPSA) is 109 Å². The van der Waals surface area contributed by atoms with Gasteiger partial charge in [-0.15, -0.1) is 0 Å². The lowest BCUT2D eigenvalue weighted by Gasteiger charge is -2.07. The number of benzene rings is 1. The average molecular weight is 322 g/mol. The third-order valence-corrected chi connectivity index (χ3v) is 3.35. The number of hydrogen-bond acceptors (Lipinski definition) is 7. The molecule has 1 aromatic heterocycles. The Morgan fingerprint density at radius 2 is 1.82 bits per heavy atom. The van der Waals surface area contributed by atoms with Crippen LogP contribution in [0.15, 0.2) is 36.7 Å². The molecule has 0 aliphatic rings. The summed E-state index contributed by atoms with van der Waals surface area (Å²) in [4.78, 5) is 12.3. The molecular weight excluding hydrogens is 304 g/mol. The molecule has 0 spiro atoms. The first kappa shape index (κ1) is 16.1. The summed E-state index contributed by atoms with van der Waals surface area (Å²) in [6, 6.07) is 9.74. The van der Waals surface area contributed by atoms with Crippen LogP contribution in [-0.4, -0.2) is 42.7 Å². The highest BCUT2D eigenvalue weighted by Gasteiger charge is 2.02. The van der Waals surface area contributed by atoms with Crippen molar-refractivity contribution >= 4 is 21.7 Å². The van der Waals surface area contributed by atoms with Gasteiger partial charge in [-0.2, -0.15) is 4.98 Å². The summed E-state index contributed by atoms with van der Waals surface area (Å²) >= 11 is 0. The predicted octanol–water partition coefficient (Wildman–Crippen LogP) is 0.445. The summed E-state index contributed by atoms with van der Waals surface area (Å²) in [6.07, 6.45) is 2.53. The van der Waals surface area contributed by atoms with Crippen LogP contribution < -0.4 is 15.4 Å². The zero-order chi connectivity index (χ0) is 15.8. The number of aromatic nitrogens is 3. The average Bonchev–Trinajstić information content (AvgIpc) is 2.50. The minimum atomic E-state index is -3.18. The molecule has 0 atom stereocenters. The first-order chi connectivity index (χ1) is 10.5. The smallest absolute Gasteiger partial charge is 0.226 e. The number of hydrogen-bond donors (Lipinski definition) is 3. The third kappa shape index (κ3) is 6.02. The van der Waals surface area contributed by atoms with Gasteiger partial charge in [0.25, 0.3) is 0 Å². The minimum Gasteiger partial charge on any atom is -0.378 e. The quantitative estimate of drug-likeness (QED) is 0.605. The Hall–Kier alpha value is -2.26. The largest absolute Gasteiger partial charge is 0.378 e. The third-order valence-electron chi connectivity index (χ3n) is 2.62. The van der Waals surface area contributed by atoms with Crippen molar-refractivity contribution in [1.82, 2.24) is 19.7 Å². The van der Waals surface area contributed by atoms with Gasteiger partial charge in [-0.05, 0) is 12.1 Å². The van der Waals surface area contributed by atoms with Crippen molar-refractivity contribution in [2.75, 3.05) is 30.0 Å². The van der Waals surface area contributed by atoms with E-state index in [-0.39, 0.29) is 6.54 Å². The van der Waals surface area contributed by atoms with Gasteiger partial charge < -0.3 is 10.6 Å². The van der Waals surface area contributed by atoms with E-state index in [0.29, 0.717) is 24.9 Å². The van der Waals surface area contributed by atoms with Crippen LogP contribution in [0, 0.1) is 0 Å². The zero-order valence-electron chi connectivity index (χ0n) is 12.2. The molecule has 9 heteroatoms. The molecule has 8 nitrogen and oxygen atoms in total. The Morgan fingerprint density at radius 1 is 1.05 bits per heavy atom. The van der Waals surface area contributed by atoms with E-state index in [4.69, 9.17) is 0 Å². The number of sulfonamides is 1. The van der Waals surface area contributed by atoms with Gasteiger partial charge in [0.1, 0.15) is 6.33 Å². The first-order valence-corrected chi connectivity index (χ1v) is 8.57. The van der Waals surface area contributed by atoms with Crippen LogP contribution in [-0.2, 0) is 16.6 Å². The van der Waals surface area contributed by atoms with E-state index in [2.05, 4.69) is 30.3 Å². The lowest BCUT2D eigenvalue weighted by molar-refractivity contribution is 0.589. The van der Waals surface area contributed by atoms with Gasteiger partial charge in [0.2, 0.25) is 16.0 Å². The highest BCUT2D eigenvalue weighted by atomic mass is 32.2. The van der Waals surface area contributed by atoms with Crippen molar-refractivity contribution in [3.05, 3.63) is 42.5 Å². The number of anilines is 2. The van der Waals surface area contributed by atoms with E-state index in [9.17, 15) is 8.42 Å². The molecule has 22 heavy (non-hydrogen) atoms. The Balaban J connectivity index is 1.82. The van der Waals surface area contributed by atoms with Crippen molar-refractivity contribution in [2.45, 2.75) is 6.54 Å². The maximum absolute atomic E-state index is 10.9. The maximum Gasteiger partial charge on any atom is 0.226 e. The molecular formula is C13H18N6O2S. The van der Waals surface area contributed by atoms with Crippen LogP contribution in [0.5, 0.6) is 0 Å². The summed E-state index contributed by atoms with van der Waals surface area (Å²) in [5.41, 5.74) is 0.981. The summed E-state index contributed by atoms with van der Waals surface area (Å²) in [5.74, 6) is 1.01. The van der Waals surface area contributed by atoms with Crippen LogP contribution in [0.2, 0.25) is 0 Å². The fourth-order valence-electron chi connectivity index (χ4n) is 1.65. The van der Waals surface area contributed by atoms with Crippen LogP contribution >= 0.6 is 0 Å². The molecule has 0 unspecified atom stereocenters. The van der Waals surface area contributed by atoms with Crippen LogP contribution in [0.3, 0.4) is 0 Å². The Labute approximate surface area is 129 Å². The van der Waals surface area contributed by atoms with Crippen molar-refractivity contribution in [1.29, 1.82) is 0 Å². The molecule has 2 aromatic rings. The molecule has 0 aliphatic heterocycles. The van der Waals surface area contributed by atoms with E-state index in [1.54, 1.807) is 0 Å². The molecule has 0 amide bonds. The number of nitrogens with zero attached hydrogens (tertiary/aromatic N) is 3. The van der Waals surface area contributed by atoms with Gasteiger partial charge in [0.15, 0.2) is 5.82 Å². The van der Waals surface area contributed by atoms with E-state index in [1.807, 2.05) is 30.3 Å². The molecule has 0 bridgehead atoms. The summed E-state index contributed by atoms with van der Waals surface area (Å²) in [7, 11) is -3.18. The molecule has 0 aliphatic carbocycles. The maximum atomic E-state index is 10.9. The number of para-hydroxylation sites is 1. The lowest BCUT2D eigenvalue weighted by Crippen LogP contribution is -2.28. The van der Waals surface area contributed by atoms with E-state index < -0.39 is 10.0 Å². The standard InChI is InChI=1S/C13H18N6O2S/c1-22(20,21)18-8-7-14-13-17-10-16-12(19-13)9-15-11-5-3-2-4-6-11/h2-6,10,15,18H,7-9H2,1H3,(H,14,16,17,19). The fourth-order valence-corrected chi connectivity index (χ4v) is 2.12. The number of nitrogens with one attached hydrogen (secondary N) is 3. The molecule has 2 rings (SSSR count). The highest BCUT2D eigenvalue weighted by molar-refractivity contribution is 7.88. The van der Waals surface area contributed by atoms with Crippen LogP contribution in [0.4, 0.5) is 11.6 Å². The van der Waals surface area contributed by atoms with Crippen molar-refractivity contribution < 1.29 is 8.42 Å². The highest BCUT2D eigenvalue weighted by Crippen LogP contribution is 2.06. The molecule has 118 valence electrons. The van der Waals surface area contributed by atoms with E-state index >= 15 is 0 Å². The zero-order valence-corrected chi connectivity index (χ0v) is 13.0. The summed E-state index contributed by atoms with van der Waals surface area (Å²) < 4.78 is 24.2. The van der Waals surface area contributed by atoms with Crippen molar-refractivity contribution in [3.63, 3.8) is 0 Å². The molecule has 3 N–H and O–H groups in total. The van der Waals surface area contributed by atoms with Crippen molar-refractivity contribution in [2.24, 2.45) is 0 Å². The Morgan fingerprint density at radius 3 is 2.55 bits per heavy atom. The monoisotopic (exact) mass is 322 g/mol. The van der Waals surface area contributed by atoms with E-state index in [1.165, 1.54) is 6.33 Å². The van der Waals surface area contributed by atoms with Gasteiger partial charge in [0, 0.05) is 18.8 Å². The van der Waals surface area contributed by atoms with Gasteiger partial charge >= 0.3 is 0 Å². The van der Waals surface area contributed by atoms with Crippen LogP contribution in [0.1, 0.15) is 5.82 Å². The van der Waals surface area contributed by atoms with Gasteiger partial charge in [0.05, 0.1) is 12.8 Å². The molecule has 0 radical (unpaired) electrons. The molecule has 1 heterocycles. The predicted molar refractivity (Wildman–Crippen MR) is 84.9 cm³/mol. The van der Waals surface area contributed by atoms with Gasteiger partial charge in [-0.1, -0.05) is 18.2 Å². The van der Waals surface area contributed by atoms with Gasteiger partial charge in [-0.3, -0.25) is 0 Å². The lowest BCUT2D eigenvalue weighted by atomic mass is 10.3. The van der Waals surface area contributed by atoms with Gasteiger partial charge in [-0.25, -0.2) is 23.1 Å². The molecule has 0 saturated heterocycles. The second-order valence-corrected chi connectivity index (χ2v) is 6.37. The Bertz CT molecular complexity index is 693. The SMILES string of the molecule is CS(=O)(=O)NCCNc1ncnc(CNc2ccccc2)n1. The summed E-state index contributed by atoms with van der Waals surface area (Å²) in [6.45, 7) is 1.13. The number of rotatable bonds is 8. The minimum absolute atomic E-state index is 0.266. The summed E-state index contributed by atoms with van der Waals surface area (Å²) in [5, 5.41) is 6.14. The Kier molecular flexibility index (Phi) is 5.61. The molecule has 0 saturated carbocycles. The normalized spacial score (nSPS) is 11.1. The molecule has 0 fully saturated rings. The first-order valence-electron chi connectivity index (χ1n) is 6.68. The van der Waals surface area contributed by atoms with Crippen molar-refractivity contribution in [3.8, 4) is 0 Å². The second-order valence-electron chi connectivity index (χ2n) is 4.54. The van der Waals surface area contributed by atoms with E-state index in [0.717, 1.165) is 11.9 Å². The van der Waals surface area contributed by atoms with Crippen LogP contribution in [0.25, 0.3) is 0 Å².